The number of nitrogens with one attached hydrogen (secondary N) is 2. The van der Waals surface area contributed by atoms with Gasteiger partial charge in [0.05, 0.1) is 12.7 Å². The lowest BCUT2D eigenvalue weighted by Crippen LogP contribution is -2.39. The summed E-state index contributed by atoms with van der Waals surface area (Å²) in [7, 11) is 0. The SMILES string of the molecule is CCNC(=NCc1nccn1CC(C)C)NCCOC1CCCCCC1. The van der Waals surface area contributed by atoms with Crippen molar-refractivity contribution in [3.8, 4) is 0 Å². The second-order valence-electron chi connectivity index (χ2n) is 7.50. The zero-order chi connectivity index (χ0) is 18.6. The van der Waals surface area contributed by atoms with Crippen LogP contribution in [0.25, 0.3) is 0 Å². The number of ether oxygens (including phenoxy) is 1. The van der Waals surface area contributed by atoms with Gasteiger partial charge < -0.3 is 19.9 Å². The lowest BCUT2D eigenvalue weighted by atomic mass is 10.1. The molecule has 0 aromatic carbocycles. The Kier molecular flexibility index (Phi) is 9.53. The predicted octanol–water partition coefficient (Wildman–Crippen LogP) is 3.33. The Labute approximate surface area is 158 Å². The molecule has 0 saturated heterocycles. The number of hydrogen-bond acceptors (Lipinski definition) is 3. The maximum Gasteiger partial charge on any atom is 0.191 e. The van der Waals surface area contributed by atoms with Gasteiger partial charge in [0.25, 0.3) is 0 Å². The van der Waals surface area contributed by atoms with E-state index in [-0.39, 0.29) is 0 Å². The van der Waals surface area contributed by atoms with Crippen molar-refractivity contribution >= 4 is 5.96 Å². The Balaban J connectivity index is 1.76. The molecule has 0 unspecified atom stereocenters. The monoisotopic (exact) mass is 363 g/mol. The van der Waals surface area contributed by atoms with Crippen molar-refractivity contribution in [1.82, 2.24) is 20.2 Å². The minimum Gasteiger partial charge on any atom is -0.376 e. The van der Waals surface area contributed by atoms with E-state index in [1.807, 2.05) is 12.4 Å². The number of imidazole rings is 1. The van der Waals surface area contributed by atoms with E-state index in [4.69, 9.17) is 4.74 Å². The van der Waals surface area contributed by atoms with Crippen molar-refractivity contribution in [2.75, 3.05) is 19.7 Å². The van der Waals surface area contributed by atoms with Crippen molar-refractivity contribution in [3.63, 3.8) is 0 Å². The van der Waals surface area contributed by atoms with Gasteiger partial charge in [0.2, 0.25) is 0 Å². The maximum absolute atomic E-state index is 6.04. The Bertz CT molecular complexity index is 518. The third-order valence-corrected chi connectivity index (χ3v) is 4.64. The molecule has 1 aromatic heterocycles. The van der Waals surface area contributed by atoms with Crippen molar-refractivity contribution < 1.29 is 4.74 Å². The molecular formula is C20H37N5O. The van der Waals surface area contributed by atoms with E-state index in [1.165, 1.54) is 38.5 Å². The van der Waals surface area contributed by atoms with E-state index < -0.39 is 0 Å². The van der Waals surface area contributed by atoms with Crippen LogP contribution >= 0.6 is 0 Å². The van der Waals surface area contributed by atoms with Crippen LogP contribution in [0.1, 0.15) is 65.1 Å². The van der Waals surface area contributed by atoms with E-state index in [9.17, 15) is 0 Å². The van der Waals surface area contributed by atoms with Crippen molar-refractivity contribution in [2.45, 2.75) is 78.5 Å². The van der Waals surface area contributed by atoms with Gasteiger partial charge in [-0.2, -0.15) is 0 Å². The average molecular weight is 364 g/mol. The lowest BCUT2D eigenvalue weighted by molar-refractivity contribution is 0.0468. The molecule has 0 atom stereocenters. The predicted molar refractivity (Wildman–Crippen MR) is 107 cm³/mol. The Morgan fingerprint density at radius 2 is 2.04 bits per heavy atom. The number of rotatable bonds is 9. The highest BCUT2D eigenvalue weighted by molar-refractivity contribution is 5.79. The standard InChI is InChI=1S/C20H37N5O/c1-4-21-20(23-12-14-26-18-9-7-5-6-8-10-18)24-15-19-22-11-13-25(19)16-17(2)3/h11,13,17-18H,4-10,12,14-16H2,1-3H3,(H2,21,23,24). The van der Waals surface area contributed by atoms with Gasteiger partial charge in [-0.05, 0) is 25.7 Å². The Morgan fingerprint density at radius 3 is 2.73 bits per heavy atom. The molecule has 1 aliphatic rings. The van der Waals surface area contributed by atoms with Crippen LogP contribution in [0.2, 0.25) is 0 Å². The highest BCUT2D eigenvalue weighted by Crippen LogP contribution is 2.19. The van der Waals surface area contributed by atoms with Crippen LogP contribution in [0.5, 0.6) is 0 Å². The largest absolute Gasteiger partial charge is 0.376 e. The first-order chi connectivity index (χ1) is 12.7. The van der Waals surface area contributed by atoms with Crippen LogP contribution in [0, 0.1) is 5.92 Å². The number of aromatic nitrogens is 2. The Hall–Kier alpha value is -1.56. The third kappa shape index (κ3) is 7.77. The first kappa shape index (κ1) is 20.7. The van der Waals surface area contributed by atoms with Crippen LogP contribution in [0.3, 0.4) is 0 Å². The first-order valence-corrected chi connectivity index (χ1v) is 10.3. The summed E-state index contributed by atoms with van der Waals surface area (Å²) in [6.07, 6.45) is 12.1. The molecule has 26 heavy (non-hydrogen) atoms. The summed E-state index contributed by atoms with van der Waals surface area (Å²) in [4.78, 5) is 9.12. The van der Waals surface area contributed by atoms with Gasteiger partial charge in [-0.1, -0.05) is 39.5 Å². The zero-order valence-corrected chi connectivity index (χ0v) is 16.8. The van der Waals surface area contributed by atoms with Gasteiger partial charge in [0.15, 0.2) is 5.96 Å². The molecule has 6 nitrogen and oxygen atoms in total. The molecule has 0 bridgehead atoms. The van der Waals surface area contributed by atoms with Gasteiger partial charge in [-0.3, -0.25) is 0 Å². The molecule has 0 amide bonds. The smallest absolute Gasteiger partial charge is 0.191 e. The fourth-order valence-electron chi connectivity index (χ4n) is 3.35. The summed E-state index contributed by atoms with van der Waals surface area (Å²) < 4.78 is 8.23. The van der Waals surface area contributed by atoms with Crippen LogP contribution < -0.4 is 10.6 Å². The minimum atomic E-state index is 0.447. The van der Waals surface area contributed by atoms with Gasteiger partial charge in [0, 0.05) is 32.0 Å². The molecule has 2 N–H and O–H groups in total. The number of hydrogen-bond donors (Lipinski definition) is 2. The zero-order valence-electron chi connectivity index (χ0n) is 16.8. The van der Waals surface area contributed by atoms with E-state index in [0.717, 1.165) is 38.0 Å². The molecule has 1 heterocycles. The molecule has 1 saturated carbocycles. The third-order valence-electron chi connectivity index (χ3n) is 4.64. The lowest BCUT2D eigenvalue weighted by Gasteiger charge is -2.17. The van der Waals surface area contributed by atoms with Crippen LogP contribution in [0.4, 0.5) is 0 Å². The molecule has 6 heteroatoms. The molecule has 0 aliphatic heterocycles. The normalized spacial score (nSPS) is 16.7. The number of guanidine groups is 1. The van der Waals surface area contributed by atoms with E-state index in [0.29, 0.717) is 18.6 Å². The summed E-state index contributed by atoms with van der Waals surface area (Å²) in [5.41, 5.74) is 0. The fraction of sp³-hybridized carbons (Fsp3) is 0.800. The van der Waals surface area contributed by atoms with Gasteiger partial charge in [-0.15, -0.1) is 0 Å². The summed E-state index contributed by atoms with van der Waals surface area (Å²) in [5, 5.41) is 6.68. The minimum absolute atomic E-state index is 0.447. The van der Waals surface area contributed by atoms with Crippen molar-refractivity contribution in [3.05, 3.63) is 18.2 Å². The van der Waals surface area contributed by atoms with Crippen molar-refractivity contribution in [1.29, 1.82) is 0 Å². The van der Waals surface area contributed by atoms with Gasteiger partial charge in [0.1, 0.15) is 12.4 Å². The van der Waals surface area contributed by atoms with E-state index in [2.05, 4.69) is 45.9 Å². The average Bonchev–Trinajstić information content (AvgIpc) is 2.88. The quantitative estimate of drug-likeness (QED) is 0.306. The molecular weight excluding hydrogens is 326 g/mol. The van der Waals surface area contributed by atoms with Crippen LogP contribution in [-0.2, 0) is 17.8 Å². The highest BCUT2D eigenvalue weighted by atomic mass is 16.5. The molecule has 1 fully saturated rings. The maximum atomic E-state index is 6.04. The van der Waals surface area contributed by atoms with E-state index in [1.54, 1.807) is 0 Å². The molecule has 1 aromatic rings. The number of aliphatic imine (C=N–C) groups is 1. The first-order valence-electron chi connectivity index (χ1n) is 10.3. The van der Waals surface area contributed by atoms with Crippen molar-refractivity contribution in [2.24, 2.45) is 10.9 Å². The second kappa shape index (κ2) is 11.9. The van der Waals surface area contributed by atoms with Gasteiger partial charge >= 0.3 is 0 Å². The summed E-state index contributed by atoms with van der Waals surface area (Å²) in [6.45, 7) is 10.4. The fourth-order valence-corrected chi connectivity index (χ4v) is 3.35. The topological polar surface area (TPSA) is 63.5 Å². The van der Waals surface area contributed by atoms with Crippen LogP contribution in [0.15, 0.2) is 17.4 Å². The molecule has 0 spiro atoms. The number of nitrogens with zero attached hydrogens (tertiary/aromatic N) is 3. The molecule has 2 rings (SSSR count). The molecule has 148 valence electrons. The van der Waals surface area contributed by atoms with Crippen LogP contribution in [-0.4, -0.2) is 41.3 Å². The summed E-state index contributed by atoms with van der Waals surface area (Å²) >= 11 is 0. The molecule has 0 radical (unpaired) electrons. The van der Waals surface area contributed by atoms with Gasteiger partial charge in [-0.25, -0.2) is 9.98 Å². The Morgan fingerprint density at radius 1 is 1.27 bits per heavy atom. The second-order valence-corrected chi connectivity index (χ2v) is 7.50. The summed E-state index contributed by atoms with van der Waals surface area (Å²) in [6, 6.07) is 0. The van der Waals surface area contributed by atoms with E-state index >= 15 is 0 Å². The summed E-state index contributed by atoms with van der Waals surface area (Å²) in [5.74, 6) is 2.43. The molecule has 1 aliphatic carbocycles. The highest BCUT2D eigenvalue weighted by Gasteiger charge is 2.12.